The van der Waals surface area contributed by atoms with E-state index in [1.807, 2.05) is 33.8 Å². The molecule has 0 radical (unpaired) electrons. The molecule has 1 N–H and O–H groups in total. The summed E-state index contributed by atoms with van der Waals surface area (Å²) in [5.74, 6) is 0.152. The third-order valence-electron chi connectivity index (χ3n) is 4.31. The van der Waals surface area contributed by atoms with Gasteiger partial charge in [-0.1, -0.05) is 0 Å². The van der Waals surface area contributed by atoms with Gasteiger partial charge in [-0.25, -0.2) is 14.6 Å². The highest BCUT2D eigenvalue weighted by atomic mass is 32.1. The minimum atomic E-state index is -0.525. The zero-order chi connectivity index (χ0) is 21.2. The Kier molecular flexibility index (Phi) is 6.12. The Hall–Kier alpha value is -2.61. The van der Waals surface area contributed by atoms with Crippen LogP contribution in [0.3, 0.4) is 0 Å². The minimum Gasteiger partial charge on any atom is -0.490 e. The number of carbonyl (C=O) groups is 2. The van der Waals surface area contributed by atoms with Gasteiger partial charge in [-0.15, -0.1) is 11.3 Å². The first-order valence-electron chi connectivity index (χ1n) is 9.45. The number of aryl methyl sites for hydroxylation is 1. The van der Waals surface area contributed by atoms with Gasteiger partial charge in [-0.05, 0) is 45.9 Å². The fraction of sp³-hybridized carbons (Fsp3) is 0.476. The Balaban J connectivity index is 1.65. The summed E-state index contributed by atoms with van der Waals surface area (Å²) in [5, 5.41) is 3.66. The molecule has 0 spiro atoms. The lowest BCUT2D eigenvalue weighted by Crippen LogP contribution is -2.50. The minimum absolute atomic E-state index is 0.0136. The standard InChI is InChI=1S/C21H26N2O5S/c1-12-11-22-18(29-12)13-6-14(19(24)26-5)8-16(7-13)27-17-9-15(10-17)23-20(25)28-21(2,3)4/h6-8,11,15,17H,9-10H2,1-5H3,(H,23,25)/t15-,17-. The molecule has 1 amide bonds. The molecule has 8 heteroatoms. The number of esters is 1. The number of rotatable bonds is 5. The summed E-state index contributed by atoms with van der Waals surface area (Å²) in [6, 6.07) is 5.31. The summed E-state index contributed by atoms with van der Waals surface area (Å²) in [6.45, 7) is 7.47. The van der Waals surface area contributed by atoms with Crippen LogP contribution >= 0.6 is 11.3 Å². The Morgan fingerprint density at radius 1 is 1.21 bits per heavy atom. The Labute approximate surface area is 174 Å². The predicted octanol–water partition coefficient (Wildman–Crippen LogP) is 4.34. The van der Waals surface area contributed by atoms with Gasteiger partial charge < -0.3 is 19.5 Å². The molecule has 29 heavy (non-hydrogen) atoms. The zero-order valence-electron chi connectivity index (χ0n) is 17.3. The highest BCUT2D eigenvalue weighted by Crippen LogP contribution is 2.32. The number of thiazole rings is 1. The number of hydrogen-bond acceptors (Lipinski definition) is 7. The monoisotopic (exact) mass is 418 g/mol. The van der Waals surface area contributed by atoms with Crippen LogP contribution in [-0.2, 0) is 9.47 Å². The number of ether oxygens (including phenoxy) is 3. The van der Waals surface area contributed by atoms with E-state index in [9.17, 15) is 9.59 Å². The first-order valence-corrected chi connectivity index (χ1v) is 10.3. The molecule has 1 aliphatic carbocycles. The molecule has 1 aromatic carbocycles. The smallest absolute Gasteiger partial charge is 0.407 e. The topological polar surface area (TPSA) is 86.8 Å². The molecule has 2 aromatic rings. The summed E-state index contributed by atoms with van der Waals surface area (Å²) in [7, 11) is 1.35. The summed E-state index contributed by atoms with van der Waals surface area (Å²) >= 11 is 1.55. The first kappa shape index (κ1) is 21.1. The van der Waals surface area contributed by atoms with Crippen molar-refractivity contribution in [2.24, 2.45) is 0 Å². The molecule has 0 saturated heterocycles. The summed E-state index contributed by atoms with van der Waals surface area (Å²) in [6.07, 6.45) is 2.68. The lowest BCUT2D eigenvalue weighted by Gasteiger charge is -2.36. The van der Waals surface area contributed by atoms with E-state index in [1.165, 1.54) is 7.11 Å². The third-order valence-corrected chi connectivity index (χ3v) is 5.28. The van der Waals surface area contributed by atoms with Crippen LogP contribution in [0.5, 0.6) is 5.75 Å². The number of hydrogen-bond donors (Lipinski definition) is 1. The van der Waals surface area contributed by atoms with Gasteiger partial charge >= 0.3 is 12.1 Å². The quantitative estimate of drug-likeness (QED) is 0.727. The van der Waals surface area contributed by atoms with Crippen molar-refractivity contribution in [2.75, 3.05) is 7.11 Å². The Bertz CT molecular complexity index is 897. The van der Waals surface area contributed by atoms with Gasteiger partial charge in [-0.3, -0.25) is 0 Å². The Morgan fingerprint density at radius 3 is 2.52 bits per heavy atom. The number of benzene rings is 1. The molecule has 1 saturated carbocycles. The van der Waals surface area contributed by atoms with Gasteiger partial charge in [-0.2, -0.15) is 0 Å². The van der Waals surface area contributed by atoms with Crippen LogP contribution in [0, 0.1) is 6.92 Å². The van der Waals surface area contributed by atoms with Gasteiger partial charge in [0.1, 0.15) is 22.5 Å². The molecular formula is C21H26N2O5S. The van der Waals surface area contributed by atoms with E-state index in [0.717, 1.165) is 15.4 Å². The van der Waals surface area contributed by atoms with Crippen LogP contribution < -0.4 is 10.1 Å². The first-order chi connectivity index (χ1) is 13.6. The number of amides is 1. The number of alkyl carbamates (subject to hydrolysis) is 1. The molecule has 156 valence electrons. The van der Waals surface area contributed by atoms with Crippen molar-refractivity contribution in [2.45, 2.75) is 58.3 Å². The molecule has 3 rings (SSSR count). The predicted molar refractivity (Wildman–Crippen MR) is 110 cm³/mol. The fourth-order valence-corrected chi connectivity index (χ4v) is 3.71. The van der Waals surface area contributed by atoms with E-state index in [-0.39, 0.29) is 12.1 Å². The van der Waals surface area contributed by atoms with Crippen molar-refractivity contribution in [3.05, 3.63) is 34.8 Å². The maximum absolute atomic E-state index is 12.1. The van der Waals surface area contributed by atoms with E-state index in [2.05, 4.69) is 10.3 Å². The molecular weight excluding hydrogens is 392 g/mol. The van der Waals surface area contributed by atoms with Crippen LogP contribution in [0.2, 0.25) is 0 Å². The number of carbonyl (C=O) groups excluding carboxylic acids is 2. The van der Waals surface area contributed by atoms with E-state index in [4.69, 9.17) is 14.2 Å². The number of nitrogens with one attached hydrogen (secondary N) is 1. The van der Waals surface area contributed by atoms with Gasteiger partial charge in [0.05, 0.1) is 12.7 Å². The normalized spacial score (nSPS) is 18.5. The highest BCUT2D eigenvalue weighted by molar-refractivity contribution is 7.14. The molecule has 1 aromatic heterocycles. The van der Waals surface area contributed by atoms with Crippen LogP contribution in [0.25, 0.3) is 10.6 Å². The average molecular weight is 419 g/mol. The fourth-order valence-electron chi connectivity index (χ4n) is 2.96. The van der Waals surface area contributed by atoms with Crippen molar-refractivity contribution in [3.63, 3.8) is 0 Å². The third kappa shape index (κ3) is 5.69. The molecule has 1 heterocycles. The Morgan fingerprint density at radius 2 is 1.93 bits per heavy atom. The van der Waals surface area contributed by atoms with E-state index < -0.39 is 17.7 Å². The molecule has 1 aliphatic rings. The average Bonchev–Trinajstić information content (AvgIpc) is 3.03. The molecule has 0 aliphatic heterocycles. The highest BCUT2D eigenvalue weighted by Gasteiger charge is 2.33. The lowest BCUT2D eigenvalue weighted by molar-refractivity contribution is 0.0361. The van der Waals surface area contributed by atoms with E-state index >= 15 is 0 Å². The molecule has 1 fully saturated rings. The second-order valence-electron chi connectivity index (χ2n) is 8.07. The number of nitrogens with zero attached hydrogens (tertiary/aromatic N) is 1. The maximum Gasteiger partial charge on any atom is 0.407 e. The number of methoxy groups -OCH3 is 1. The summed E-state index contributed by atoms with van der Waals surface area (Å²) < 4.78 is 16.2. The van der Waals surface area contributed by atoms with Gasteiger partial charge in [0.15, 0.2) is 0 Å². The van der Waals surface area contributed by atoms with Crippen LogP contribution in [0.15, 0.2) is 24.4 Å². The van der Waals surface area contributed by atoms with Crippen LogP contribution in [0.4, 0.5) is 4.79 Å². The zero-order valence-corrected chi connectivity index (χ0v) is 18.1. The van der Waals surface area contributed by atoms with Gasteiger partial charge in [0.2, 0.25) is 0 Å². The van der Waals surface area contributed by atoms with Crippen molar-refractivity contribution < 1.29 is 23.8 Å². The van der Waals surface area contributed by atoms with Crippen LogP contribution in [-0.4, -0.2) is 41.9 Å². The van der Waals surface area contributed by atoms with Gasteiger partial charge in [0.25, 0.3) is 0 Å². The SMILES string of the molecule is COC(=O)c1cc(O[C@H]2C[C@H](NC(=O)OC(C)(C)C)C2)cc(-c2ncc(C)s2)c1. The van der Waals surface area contributed by atoms with Gasteiger partial charge in [0, 0.05) is 35.5 Å². The summed E-state index contributed by atoms with van der Waals surface area (Å²) in [5.41, 5.74) is 0.696. The van der Waals surface area contributed by atoms with Crippen molar-refractivity contribution >= 4 is 23.4 Å². The molecule has 0 bridgehead atoms. The van der Waals surface area contributed by atoms with E-state index in [0.29, 0.717) is 24.2 Å². The second kappa shape index (κ2) is 8.41. The largest absolute Gasteiger partial charge is 0.490 e. The van der Waals surface area contributed by atoms with E-state index in [1.54, 1.807) is 29.7 Å². The number of aromatic nitrogens is 1. The second-order valence-corrected chi connectivity index (χ2v) is 9.30. The van der Waals surface area contributed by atoms with Crippen LogP contribution in [0.1, 0.15) is 48.8 Å². The summed E-state index contributed by atoms with van der Waals surface area (Å²) in [4.78, 5) is 29.4. The lowest BCUT2D eigenvalue weighted by atomic mass is 9.89. The molecule has 7 nitrogen and oxygen atoms in total. The maximum atomic E-state index is 12.1. The van der Waals surface area contributed by atoms with Crippen molar-refractivity contribution in [3.8, 4) is 16.3 Å². The molecule has 0 atom stereocenters. The van der Waals surface area contributed by atoms with Crippen molar-refractivity contribution in [1.82, 2.24) is 10.3 Å². The molecule has 0 unspecified atom stereocenters. The van der Waals surface area contributed by atoms with Crippen molar-refractivity contribution in [1.29, 1.82) is 0 Å².